The number of thioether (sulfide) groups is 1. The summed E-state index contributed by atoms with van der Waals surface area (Å²) in [5.74, 6) is 0.759. The lowest BCUT2D eigenvalue weighted by atomic mass is 10.2. The van der Waals surface area contributed by atoms with Gasteiger partial charge in [0.2, 0.25) is 11.0 Å². The first-order valence-corrected chi connectivity index (χ1v) is 12.1. The molecule has 1 aromatic carbocycles. The van der Waals surface area contributed by atoms with E-state index in [0.717, 1.165) is 22.6 Å². The zero-order valence-electron chi connectivity index (χ0n) is 18.5. The Kier molecular flexibility index (Phi) is 7.30. The van der Waals surface area contributed by atoms with Gasteiger partial charge in [-0.3, -0.25) is 4.79 Å². The number of nitriles is 1. The zero-order valence-corrected chi connectivity index (χ0v) is 20.1. The van der Waals surface area contributed by atoms with Gasteiger partial charge in [-0.1, -0.05) is 35.2 Å². The highest BCUT2D eigenvalue weighted by atomic mass is 32.2. The van der Waals surface area contributed by atoms with Gasteiger partial charge in [0.15, 0.2) is 4.34 Å². The van der Waals surface area contributed by atoms with Crippen molar-refractivity contribution in [3.05, 3.63) is 76.6 Å². The third-order valence-electron chi connectivity index (χ3n) is 5.18. The van der Waals surface area contributed by atoms with Crippen LogP contribution in [0.25, 0.3) is 0 Å². The zero-order chi connectivity index (χ0) is 24.1. The molecular formula is C23H21FN6O2S2. The topological polar surface area (TPSA) is 109 Å². The number of rotatable bonds is 9. The maximum Gasteiger partial charge on any atom is 0.235 e. The van der Waals surface area contributed by atoms with E-state index >= 15 is 0 Å². The molecule has 0 aliphatic heterocycles. The van der Waals surface area contributed by atoms with Crippen molar-refractivity contribution in [2.45, 2.75) is 31.3 Å². The van der Waals surface area contributed by atoms with E-state index in [0.29, 0.717) is 33.9 Å². The maximum absolute atomic E-state index is 13.0. The second-order valence-corrected chi connectivity index (χ2v) is 9.60. The van der Waals surface area contributed by atoms with Crippen LogP contribution in [0.4, 0.5) is 15.3 Å². The second-order valence-electron chi connectivity index (χ2n) is 7.40. The van der Waals surface area contributed by atoms with Crippen LogP contribution in [0.1, 0.15) is 28.1 Å². The molecule has 3 aromatic heterocycles. The molecule has 0 unspecified atom stereocenters. The molecule has 0 spiro atoms. The number of benzene rings is 1. The summed E-state index contributed by atoms with van der Waals surface area (Å²) in [6.07, 6.45) is 1.59. The Morgan fingerprint density at radius 2 is 2.06 bits per heavy atom. The van der Waals surface area contributed by atoms with Gasteiger partial charge in [-0.25, -0.2) is 4.39 Å². The summed E-state index contributed by atoms with van der Waals surface area (Å²) in [5, 5.41) is 24.5. The molecule has 0 aliphatic carbocycles. The second kappa shape index (κ2) is 10.5. The van der Waals surface area contributed by atoms with Crippen LogP contribution in [0.3, 0.4) is 0 Å². The van der Waals surface area contributed by atoms with Crippen molar-refractivity contribution in [1.29, 1.82) is 5.26 Å². The van der Waals surface area contributed by atoms with Crippen molar-refractivity contribution in [2.75, 3.05) is 16.4 Å². The summed E-state index contributed by atoms with van der Waals surface area (Å²) < 4.78 is 21.0. The van der Waals surface area contributed by atoms with Gasteiger partial charge < -0.3 is 19.6 Å². The molecule has 0 fully saturated rings. The van der Waals surface area contributed by atoms with Gasteiger partial charge >= 0.3 is 0 Å². The summed E-state index contributed by atoms with van der Waals surface area (Å²) in [4.78, 5) is 12.7. The van der Waals surface area contributed by atoms with Gasteiger partial charge in [-0.15, -0.1) is 10.2 Å². The highest BCUT2D eigenvalue weighted by Crippen LogP contribution is 2.29. The SMILES string of the molecule is Cc1c(C#N)c(NC(=O)CSc2nnc(NCc3ccc(F)cc3)s2)n(Cc2ccco2)c1C. The molecular weight excluding hydrogens is 475 g/mol. The van der Waals surface area contributed by atoms with E-state index in [2.05, 4.69) is 26.9 Å². The Labute approximate surface area is 203 Å². The standard InChI is InChI=1S/C23H21FN6O2S2/c1-14-15(2)30(12-18-4-3-9-32-18)21(19(14)10-25)27-20(31)13-33-23-29-28-22(34-23)26-11-16-5-7-17(24)8-6-16/h3-9H,11-13H2,1-2H3,(H,26,28)(H,27,31). The van der Waals surface area contributed by atoms with Gasteiger partial charge in [0.25, 0.3) is 0 Å². The molecule has 1 amide bonds. The summed E-state index contributed by atoms with van der Waals surface area (Å²) in [5.41, 5.74) is 3.06. The molecule has 2 N–H and O–H groups in total. The number of nitrogens with zero attached hydrogens (tertiary/aromatic N) is 4. The van der Waals surface area contributed by atoms with Crippen LogP contribution < -0.4 is 10.6 Å². The lowest BCUT2D eigenvalue weighted by molar-refractivity contribution is -0.113. The van der Waals surface area contributed by atoms with Crippen molar-refractivity contribution in [2.24, 2.45) is 0 Å². The van der Waals surface area contributed by atoms with Gasteiger partial charge in [0.05, 0.1) is 24.1 Å². The number of anilines is 2. The predicted molar refractivity (Wildman–Crippen MR) is 129 cm³/mol. The number of aromatic nitrogens is 3. The van der Waals surface area contributed by atoms with Crippen LogP contribution in [-0.2, 0) is 17.9 Å². The van der Waals surface area contributed by atoms with E-state index in [1.54, 1.807) is 24.5 Å². The van der Waals surface area contributed by atoms with Crippen molar-refractivity contribution in [3.8, 4) is 6.07 Å². The Morgan fingerprint density at radius 1 is 1.26 bits per heavy atom. The molecule has 0 bridgehead atoms. The number of carbonyl (C=O) groups excluding carboxylic acids is 1. The van der Waals surface area contributed by atoms with Gasteiger partial charge in [0, 0.05) is 12.2 Å². The molecule has 0 atom stereocenters. The first kappa shape index (κ1) is 23.5. The first-order valence-electron chi connectivity index (χ1n) is 10.3. The summed E-state index contributed by atoms with van der Waals surface area (Å²) >= 11 is 2.59. The van der Waals surface area contributed by atoms with E-state index in [9.17, 15) is 14.4 Å². The van der Waals surface area contributed by atoms with E-state index in [1.165, 1.54) is 35.2 Å². The molecule has 8 nitrogen and oxygen atoms in total. The van der Waals surface area contributed by atoms with Gasteiger partial charge in [-0.2, -0.15) is 5.26 Å². The third-order valence-corrected chi connectivity index (χ3v) is 7.20. The highest BCUT2D eigenvalue weighted by Gasteiger charge is 2.20. The average molecular weight is 497 g/mol. The smallest absolute Gasteiger partial charge is 0.235 e. The van der Waals surface area contributed by atoms with Crippen LogP contribution in [0.2, 0.25) is 0 Å². The lowest BCUT2D eigenvalue weighted by Crippen LogP contribution is -2.18. The highest BCUT2D eigenvalue weighted by molar-refractivity contribution is 8.01. The minimum atomic E-state index is -0.280. The van der Waals surface area contributed by atoms with Crippen LogP contribution in [0.15, 0.2) is 51.4 Å². The van der Waals surface area contributed by atoms with Crippen molar-refractivity contribution < 1.29 is 13.6 Å². The summed E-state index contributed by atoms with van der Waals surface area (Å²) in [6.45, 7) is 4.66. The number of furan rings is 1. The molecule has 0 saturated carbocycles. The number of halogens is 1. The first-order chi connectivity index (χ1) is 16.4. The van der Waals surface area contributed by atoms with E-state index in [1.807, 2.05) is 24.5 Å². The predicted octanol–water partition coefficient (Wildman–Crippen LogP) is 4.95. The molecule has 0 aliphatic rings. The number of nitrogens with one attached hydrogen (secondary N) is 2. The van der Waals surface area contributed by atoms with Crippen molar-refractivity contribution in [3.63, 3.8) is 0 Å². The summed E-state index contributed by atoms with van der Waals surface area (Å²) in [7, 11) is 0. The molecule has 11 heteroatoms. The van der Waals surface area contributed by atoms with Crippen LogP contribution in [0.5, 0.6) is 0 Å². The van der Waals surface area contributed by atoms with E-state index < -0.39 is 0 Å². The van der Waals surface area contributed by atoms with Gasteiger partial charge in [0.1, 0.15) is 23.5 Å². The molecule has 3 heterocycles. The fourth-order valence-electron chi connectivity index (χ4n) is 3.30. The van der Waals surface area contributed by atoms with Crippen LogP contribution >= 0.6 is 23.1 Å². The minimum absolute atomic E-state index is 0.113. The van der Waals surface area contributed by atoms with Crippen molar-refractivity contribution >= 4 is 40.0 Å². The number of amides is 1. The third kappa shape index (κ3) is 5.47. The normalized spacial score (nSPS) is 10.8. The molecule has 34 heavy (non-hydrogen) atoms. The van der Waals surface area contributed by atoms with Gasteiger partial charge in [-0.05, 0) is 49.2 Å². The number of hydrogen-bond donors (Lipinski definition) is 2. The number of carbonyl (C=O) groups is 1. The largest absolute Gasteiger partial charge is 0.467 e. The monoisotopic (exact) mass is 496 g/mol. The Balaban J connectivity index is 1.37. The van der Waals surface area contributed by atoms with E-state index in [-0.39, 0.29) is 17.5 Å². The Morgan fingerprint density at radius 3 is 2.76 bits per heavy atom. The quantitative estimate of drug-likeness (QED) is 0.316. The lowest BCUT2D eigenvalue weighted by Gasteiger charge is -2.11. The fraction of sp³-hybridized carbons (Fsp3) is 0.217. The van der Waals surface area contributed by atoms with E-state index in [4.69, 9.17) is 4.42 Å². The maximum atomic E-state index is 13.0. The van der Waals surface area contributed by atoms with Crippen molar-refractivity contribution in [1.82, 2.24) is 14.8 Å². The molecule has 174 valence electrons. The molecule has 0 saturated heterocycles. The molecule has 0 radical (unpaired) electrons. The number of hydrogen-bond acceptors (Lipinski definition) is 8. The van der Waals surface area contributed by atoms with Crippen LogP contribution in [-0.4, -0.2) is 26.4 Å². The fourth-order valence-corrected chi connectivity index (χ4v) is 4.85. The molecule has 4 rings (SSSR count). The minimum Gasteiger partial charge on any atom is -0.467 e. The Hall–Kier alpha value is -3.62. The summed E-state index contributed by atoms with van der Waals surface area (Å²) in [6, 6.07) is 12.0. The Bertz CT molecular complexity index is 1320. The molecule has 4 aromatic rings. The van der Waals surface area contributed by atoms with Crippen LogP contribution in [0, 0.1) is 31.0 Å². The average Bonchev–Trinajstić information content (AvgIpc) is 3.56.